The monoisotopic (exact) mass is 625 g/mol. The van der Waals surface area contributed by atoms with E-state index in [4.69, 9.17) is 0 Å². The van der Waals surface area contributed by atoms with Gasteiger partial charge in [-0.25, -0.2) is 0 Å². The maximum Gasteiger partial charge on any atom is 0.269 e. The zero-order valence-electron chi connectivity index (χ0n) is 22.5. The molecule has 2 aromatic heterocycles. The summed E-state index contributed by atoms with van der Waals surface area (Å²) < 4.78 is 2.67. The molecule has 1 amide bonds. The molecule has 0 atom stereocenters. The summed E-state index contributed by atoms with van der Waals surface area (Å²) in [6, 6.07) is 30.5. The lowest BCUT2D eigenvalue weighted by Gasteiger charge is -2.10. The fourth-order valence-corrected chi connectivity index (χ4v) is 6.92. The Hall–Kier alpha value is -4.59. The molecule has 10 nitrogen and oxygen atoms in total. The Kier molecular flexibility index (Phi) is 8.72. The molecule has 2 heterocycles. The van der Waals surface area contributed by atoms with Crippen molar-refractivity contribution in [2.45, 2.75) is 21.8 Å². The highest BCUT2D eigenvalue weighted by molar-refractivity contribution is 8.00. The number of carbonyl (C=O) groups excluding carboxylic acids is 1. The van der Waals surface area contributed by atoms with Crippen LogP contribution in [0, 0.1) is 10.1 Å². The van der Waals surface area contributed by atoms with Crippen molar-refractivity contribution < 1.29 is 9.72 Å². The van der Waals surface area contributed by atoms with E-state index in [2.05, 4.69) is 56.0 Å². The topological polar surface area (TPSA) is 129 Å². The Labute approximate surface area is 258 Å². The van der Waals surface area contributed by atoms with Gasteiger partial charge in [0.05, 0.1) is 17.2 Å². The minimum Gasteiger partial charge on any atom is -0.300 e. The molecule has 4 aromatic carbocycles. The summed E-state index contributed by atoms with van der Waals surface area (Å²) in [5, 5.41) is 34.4. The van der Waals surface area contributed by atoms with Crippen molar-refractivity contribution in [3.8, 4) is 11.4 Å². The number of hydrogen-bond acceptors (Lipinski definition) is 10. The lowest BCUT2D eigenvalue weighted by atomic mass is 10.1. The van der Waals surface area contributed by atoms with Gasteiger partial charge >= 0.3 is 0 Å². The summed E-state index contributed by atoms with van der Waals surface area (Å²) in [4.78, 5) is 23.5. The number of nitro benzene ring substituents is 1. The molecule has 0 spiro atoms. The van der Waals surface area contributed by atoms with Crippen LogP contribution in [0.3, 0.4) is 0 Å². The number of benzene rings is 4. The standard InChI is InChI=1S/C30H23N7O3S3/c38-26(31-28-33-35-30(43-28)42-18-23-11-6-10-21-9-4-5-12-25(21)23)19-41-29-34-32-27(22-13-15-24(16-14-22)37(39)40)36(29)17-20-7-2-1-3-8-20/h1-16H,17-19H2,(H,31,33,38). The zero-order chi connectivity index (χ0) is 29.6. The lowest BCUT2D eigenvalue weighted by molar-refractivity contribution is -0.384. The second-order valence-electron chi connectivity index (χ2n) is 9.32. The first-order valence-corrected chi connectivity index (χ1v) is 15.9. The molecule has 0 saturated heterocycles. The molecular weight excluding hydrogens is 603 g/mol. The molecule has 6 rings (SSSR count). The van der Waals surface area contributed by atoms with E-state index in [0.717, 1.165) is 15.7 Å². The van der Waals surface area contributed by atoms with Crippen molar-refractivity contribution >= 4 is 62.4 Å². The van der Waals surface area contributed by atoms with Crippen LogP contribution in [0.25, 0.3) is 22.2 Å². The van der Waals surface area contributed by atoms with Crippen molar-refractivity contribution in [3.63, 3.8) is 0 Å². The summed E-state index contributed by atoms with van der Waals surface area (Å²) >= 11 is 4.17. The van der Waals surface area contributed by atoms with Gasteiger partial charge in [0.2, 0.25) is 11.0 Å². The Morgan fingerprint density at radius 3 is 2.44 bits per heavy atom. The van der Waals surface area contributed by atoms with Crippen LogP contribution < -0.4 is 5.32 Å². The molecule has 43 heavy (non-hydrogen) atoms. The number of hydrogen-bond donors (Lipinski definition) is 1. The normalized spacial score (nSPS) is 11.1. The first-order valence-electron chi connectivity index (χ1n) is 13.1. The molecule has 214 valence electrons. The highest BCUT2D eigenvalue weighted by Crippen LogP contribution is 2.31. The Balaban J connectivity index is 1.11. The number of rotatable bonds is 11. The Morgan fingerprint density at radius 2 is 1.63 bits per heavy atom. The highest BCUT2D eigenvalue weighted by atomic mass is 32.2. The van der Waals surface area contributed by atoms with Crippen LogP contribution in [-0.2, 0) is 17.1 Å². The van der Waals surface area contributed by atoms with Crippen molar-refractivity contribution in [1.82, 2.24) is 25.0 Å². The van der Waals surface area contributed by atoms with Gasteiger partial charge in [-0.3, -0.25) is 24.8 Å². The highest BCUT2D eigenvalue weighted by Gasteiger charge is 2.18. The predicted octanol–water partition coefficient (Wildman–Crippen LogP) is 6.93. The van der Waals surface area contributed by atoms with Crippen LogP contribution in [-0.4, -0.2) is 41.5 Å². The molecule has 13 heteroatoms. The van der Waals surface area contributed by atoms with Crippen LogP contribution in [0.2, 0.25) is 0 Å². The largest absolute Gasteiger partial charge is 0.300 e. The van der Waals surface area contributed by atoms with Gasteiger partial charge in [0.15, 0.2) is 15.3 Å². The maximum atomic E-state index is 12.8. The molecule has 1 N–H and O–H groups in total. The number of nitro groups is 1. The summed E-state index contributed by atoms with van der Waals surface area (Å²) in [5.74, 6) is 1.15. The van der Waals surface area contributed by atoms with Crippen molar-refractivity contribution in [3.05, 3.63) is 118 Å². The summed E-state index contributed by atoms with van der Waals surface area (Å²) in [6.07, 6.45) is 0. The van der Waals surface area contributed by atoms with E-state index in [9.17, 15) is 14.9 Å². The van der Waals surface area contributed by atoms with Gasteiger partial charge in [-0.2, -0.15) is 0 Å². The van der Waals surface area contributed by atoms with Gasteiger partial charge in [-0.05, 0) is 34.0 Å². The van der Waals surface area contributed by atoms with Crippen LogP contribution >= 0.6 is 34.9 Å². The van der Waals surface area contributed by atoms with Crippen molar-refractivity contribution in [2.75, 3.05) is 11.1 Å². The van der Waals surface area contributed by atoms with E-state index in [1.807, 2.05) is 47.0 Å². The molecule has 0 aliphatic heterocycles. The summed E-state index contributed by atoms with van der Waals surface area (Å²) in [7, 11) is 0. The third kappa shape index (κ3) is 6.91. The van der Waals surface area contributed by atoms with E-state index in [1.165, 1.54) is 51.6 Å². The number of nitrogens with zero attached hydrogens (tertiary/aromatic N) is 6. The van der Waals surface area contributed by atoms with Gasteiger partial charge in [-0.1, -0.05) is 108 Å². The van der Waals surface area contributed by atoms with E-state index in [0.29, 0.717) is 28.2 Å². The quantitative estimate of drug-likeness (QED) is 0.0705. The maximum absolute atomic E-state index is 12.8. The number of aromatic nitrogens is 5. The number of thioether (sulfide) groups is 2. The van der Waals surface area contributed by atoms with E-state index >= 15 is 0 Å². The molecule has 0 aliphatic rings. The minimum atomic E-state index is -0.441. The average Bonchev–Trinajstić information content (AvgIpc) is 3.66. The second-order valence-corrected chi connectivity index (χ2v) is 12.5. The third-order valence-corrected chi connectivity index (χ3v) is 9.44. The first-order chi connectivity index (χ1) is 21.0. The SMILES string of the molecule is O=C(CSc1nnc(-c2ccc([N+](=O)[O-])cc2)n1Cc1ccccc1)Nc1nnc(SCc2cccc3ccccc23)s1. The lowest BCUT2D eigenvalue weighted by Crippen LogP contribution is -2.14. The van der Waals surface area contributed by atoms with Crippen molar-refractivity contribution in [2.24, 2.45) is 0 Å². The average molecular weight is 626 g/mol. The predicted molar refractivity (Wildman–Crippen MR) is 170 cm³/mol. The van der Waals surface area contributed by atoms with Crippen LogP contribution in [0.4, 0.5) is 10.8 Å². The molecule has 0 radical (unpaired) electrons. The van der Waals surface area contributed by atoms with Gasteiger partial charge in [0, 0.05) is 23.4 Å². The molecule has 6 aromatic rings. The number of non-ortho nitro benzene ring substituents is 1. The molecular formula is C30H23N7O3S3. The number of fused-ring (bicyclic) bond motifs is 1. The van der Waals surface area contributed by atoms with Gasteiger partial charge < -0.3 is 0 Å². The molecule has 0 saturated carbocycles. The van der Waals surface area contributed by atoms with Crippen LogP contribution in [0.1, 0.15) is 11.1 Å². The van der Waals surface area contributed by atoms with E-state index in [-0.39, 0.29) is 17.3 Å². The molecule has 0 aliphatic carbocycles. The molecule has 0 fully saturated rings. The second kappa shape index (κ2) is 13.2. The fourth-order valence-electron chi connectivity index (χ4n) is 4.41. The van der Waals surface area contributed by atoms with Gasteiger partial charge in [0.25, 0.3) is 5.69 Å². The van der Waals surface area contributed by atoms with Gasteiger partial charge in [-0.15, -0.1) is 20.4 Å². The number of anilines is 1. The molecule has 0 bridgehead atoms. The van der Waals surface area contributed by atoms with Crippen LogP contribution in [0.5, 0.6) is 0 Å². The van der Waals surface area contributed by atoms with E-state index in [1.54, 1.807) is 23.9 Å². The smallest absolute Gasteiger partial charge is 0.269 e. The van der Waals surface area contributed by atoms with E-state index < -0.39 is 4.92 Å². The van der Waals surface area contributed by atoms with Crippen molar-refractivity contribution in [1.29, 1.82) is 0 Å². The summed E-state index contributed by atoms with van der Waals surface area (Å²) in [5.41, 5.74) is 2.93. The fraction of sp³-hybridized carbons (Fsp3) is 0.100. The first kappa shape index (κ1) is 28.5. The third-order valence-electron chi connectivity index (χ3n) is 6.45. The Bertz CT molecular complexity index is 1890. The Morgan fingerprint density at radius 1 is 0.860 bits per heavy atom. The summed E-state index contributed by atoms with van der Waals surface area (Å²) in [6.45, 7) is 0.470. The van der Waals surface area contributed by atoms with Crippen LogP contribution in [0.15, 0.2) is 107 Å². The van der Waals surface area contributed by atoms with Gasteiger partial charge in [0.1, 0.15) is 0 Å². The minimum absolute atomic E-state index is 0.00376. The number of carbonyl (C=O) groups is 1. The zero-order valence-corrected chi connectivity index (χ0v) is 24.9. The number of amides is 1. The number of nitrogens with one attached hydrogen (secondary N) is 1. The molecule has 0 unspecified atom stereocenters.